The molecule has 2 heteroatoms. The minimum atomic E-state index is -0.296. The predicted octanol–water partition coefficient (Wildman–Crippen LogP) is 3.38. The van der Waals surface area contributed by atoms with Crippen LogP contribution in [-0.4, -0.2) is 23.9 Å². The minimum absolute atomic E-state index is 0.269. The molecule has 1 aliphatic rings. The zero-order valence-corrected chi connectivity index (χ0v) is 11.3. The second-order valence-corrected chi connectivity index (χ2v) is 5.49. The van der Waals surface area contributed by atoms with Crippen LogP contribution in [0.2, 0.25) is 0 Å². The second kappa shape index (κ2) is 6.02. The summed E-state index contributed by atoms with van der Waals surface area (Å²) < 4.78 is 5.75. The minimum Gasteiger partial charge on any atom is -0.390 e. The summed E-state index contributed by atoms with van der Waals surface area (Å²) in [6, 6.07) is 0. The van der Waals surface area contributed by atoms with E-state index in [1.165, 1.54) is 12.8 Å². The molecule has 0 aromatic carbocycles. The van der Waals surface area contributed by atoms with Crippen molar-refractivity contribution in [3.05, 3.63) is 0 Å². The first-order chi connectivity index (χ1) is 7.59. The quantitative estimate of drug-likeness (QED) is 0.781. The van der Waals surface area contributed by atoms with Gasteiger partial charge in [0.15, 0.2) is 0 Å². The molecule has 1 saturated carbocycles. The van der Waals surface area contributed by atoms with Crippen molar-refractivity contribution in [2.45, 2.75) is 71.0 Å². The Morgan fingerprint density at radius 1 is 1.38 bits per heavy atom. The highest BCUT2D eigenvalue weighted by atomic mass is 16.5. The van der Waals surface area contributed by atoms with Crippen molar-refractivity contribution in [3.8, 4) is 0 Å². The summed E-state index contributed by atoms with van der Waals surface area (Å²) in [7, 11) is 1.77. The summed E-state index contributed by atoms with van der Waals surface area (Å²) in [5, 5.41) is 10.6. The topological polar surface area (TPSA) is 29.5 Å². The van der Waals surface area contributed by atoms with Crippen LogP contribution in [0.3, 0.4) is 0 Å². The van der Waals surface area contributed by atoms with E-state index in [4.69, 9.17) is 4.74 Å². The van der Waals surface area contributed by atoms with E-state index in [1.807, 2.05) is 0 Å². The third-order valence-electron chi connectivity index (χ3n) is 4.43. The van der Waals surface area contributed by atoms with E-state index >= 15 is 0 Å². The fourth-order valence-electron chi connectivity index (χ4n) is 3.28. The average Bonchev–Trinajstić information content (AvgIpc) is 2.30. The van der Waals surface area contributed by atoms with E-state index in [0.717, 1.165) is 25.7 Å². The Kier molecular flexibility index (Phi) is 5.26. The third-order valence-corrected chi connectivity index (χ3v) is 4.43. The van der Waals surface area contributed by atoms with Gasteiger partial charge in [-0.2, -0.15) is 0 Å². The largest absolute Gasteiger partial charge is 0.390 e. The average molecular weight is 228 g/mol. The number of hydrogen-bond acceptors (Lipinski definition) is 2. The Morgan fingerprint density at radius 3 is 2.44 bits per heavy atom. The van der Waals surface area contributed by atoms with Gasteiger partial charge in [-0.1, -0.05) is 46.5 Å². The highest BCUT2D eigenvalue weighted by molar-refractivity contribution is 4.95. The molecule has 16 heavy (non-hydrogen) atoms. The van der Waals surface area contributed by atoms with E-state index in [2.05, 4.69) is 20.8 Å². The molecular weight excluding hydrogens is 200 g/mol. The molecule has 0 amide bonds. The van der Waals surface area contributed by atoms with Gasteiger partial charge in [0, 0.05) is 7.11 Å². The molecule has 0 radical (unpaired) electrons. The molecule has 1 rings (SSSR count). The van der Waals surface area contributed by atoms with Gasteiger partial charge in [0.25, 0.3) is 0 Å². The summed E-state index contributed by atoms with van der Waals surface area (Å²) in [6.07, 6.45) is 6.28. The van der Waals surface area contributed by atoms with Gasteiger partial charge in [-0.15, -0.1) is 0 Å². The molecule has 0 aromatic heterocycles. The molecule has 0 heterocycles. The van der Waals surface area contributed by atoms with E-state index in [0.29, 0.717) is 11.8 Å². The molecule has 3 atom stereocenters. The Labute approximate surface area is 100 Å². The lowest BCUT2D eigenvalue weighted by Gasteiger charge is -2.44. The first-order valence-electron chi connectivity index (χ1n) is 6.82. The van der Waals surface area contributed by atoms with Crippen molar-refractivity contribution in [1.29, 1.82) is 0 Å². The fraction of sp³-hybridized carbons (Fsp3) is 1.00. The molecule has 2 nitrogen and oxygen atoms in total. The zero-order chi connectivity index (χ0) is 12.2. The summed E-state index contributed by atoms with van der Waals surface area (Å²) in [5.41, 5.74) is -0.269. The van der Waals surface area contributed by atoms with Gasteiger partial charge < -0.3 is 9.84 Å². The number of rotatable bonds is 5. The standard InChI is InChI=1S/C14H28O2/c1-5-12(6-2)13(15)14(16-4)9-7-8-11(3)10-14/h11-13,15H,5-10H2,1-4H3. The van der Waals surface area contributed by atoms with Crippen molar-refractivity contribution >= 4 is 0 Å². The molecule has 0 spiro atoms. The van der Waals surface area contributed by atoms with Gasteiger partial charge in [-0.05, 0) is 24.7 Å². The molecule has 1 aliphatic carbocycles. The van der Waals surface area contributed by atoms with E-state index < -0.39 is 0 Å². The van der Waals surface area contributed by atoms with Gasteiger partial charge in [0.05, 0.1) is 11.7 Å². The lowest BCUT2D eigenvalue weighted by atomic mass is 9.71. The molecule has 0 aromatic rings. The highest BCUT2D eigenvalue weighted by Gasteiger charge is 2.43. The summed E-state index contributed by atoms with van der Waals surface area (Å²) in [5.74, 6) is 1.06. The first-order valence-corrected chi connectivity index (χ1v) is 6.82. The van der Waals surface area contributed by atoms with Crippen molar-refractivity contribution in [2.75, 3.05) is 7.11 Å². The predicted molar refractivity (Wildman–Crippen MR) is 67.5 cm³/mol. The molecule has 0 bridgehead atoms. The zero-order valence-electron chi connectivity index (χ0n) is 11.3. The Bertz CT molecular complexity index is 201. The Balaban J connectivity index is 2.77. The van der Waals surface area contributed by atoms with Crippen LogP contribution in [0.1, 0.15) is 59.3 Å². The number of hydrogen-bond donors (Lipinski definition) is 1. The lowest BCUT2D eigenvalue weighted by Crippen LogP contribution is -2.50. The highest BCUT2D eigenvalue weighted by Crippen LogP contribution is 2.40. The monoisotopic (exact) mass is 228 g/mol. The van der Waals surface area contributed by atoms with Gasteiger partial charge in [0.2, 0.25) is 0 Å². The summed E-state index contributed by atoms with van der Waals surface area (Å²) in [4.78, 5) is 0. The molecule has 3 unspecified atom stereocenters. The fourth-order valence-corrected chi connectivity index (χ4v) is 3.28. The number of methoxy groups -OCH3 is 1. The van der Waals surface area contributed by atoms with Crippen LogP contribution in [0.25, 0.3) is 0 Å². The molecule has 96 valence electrons. The van der Waals surface area contributed by atoms with Crippen molar-refractivity contribution in [1.82, 2.24) is 0 Å². The van der Waals surface area contributed by atoms with Crippen LogP contribution in [0.4, 0.5) is 0 Å². The lowest BCUT2D eigenvalue weighted by molar-refractivity contribution is -0.151. The maximum absolute atomic E-state index is 10.6. The number of ether oxygens (including phenoxy) is 1. The molecule has 1 fully saturated rings. The smallest absolute Gasteiger partial charge is 0.0941 e. The van der Waals surface area contributed by atoms with E-state index in [1.54, 1.807) is 7.11 Å². The SMILES string of the molecule is CCC(CC)C(O)C1(OC)CCCC(C)C1. The summed E-state index contributed by atoms with van der Waals surface area (Å²) >= 11 is 0. The van der Waals surface area contributed by atoms with Crippen LogP contribution in [0.15, 0.2) is 0 Å². The van der Waals surface area contributed by atoms with E-state index in [-0.39, 0.29) is 11.7 Å². The van der Waals surface area contributed by atoms with Crippen LogP contribution < -0.4 is 0 Å². The van der Waals surface area contributed by atoms with Crippen LogP contribution in [0, 0.1) is 11.8 Å². The maximum Gasteiger partial charge on any atom is 0.0941 e. The van der Waals surface area contributed by atoms with E-state index in [9.17, 15) is 5.11 Å². The molecule has 0 aliphatic heterocycles. The number of aliphatic hydroxyl groups excluding tert-OH is 1. The van der Waals surface area contributed by atoms with Crippen molar-refractivity contribution in [3.63, 3.8) is 0 Å². The summed E-state index contributed by atoms with van der Waals surface area (Å²) in [6.45, 7) is 6.59. The van der Waals surface area contributed by atoms with Crippen LogP contribution in [0.5, 0.6) is 0 Å². The van der Waals surface area contributed by atoms with Gasteiger partial charge in [-0.25, -0.2) is 0 Å². The Hall–Kier alpha value is -0.0800. The van der Waals surface area contributed by atoms with Crippen molar-refractivity contribution in [2.24, 2.45) is 11.8 Å². The normalized spacial score (nSPS) is 33.0. The Morgan fingerprint density at radius 2 is 2.00 bits per heavy atom. The molecule has 1 N–H and O–H groups in total. The van der Waals surface area contributed by atoms with Gasteiger partial charge >= 0.3 is 0 Å². The second-order valence-electron chi connectivity index (χ2n) is 5.49. The molecule has 0 saturated heterocycles. The first kappa shape index (κ1) is 14.0. The third kappa shape index (κ3) is 2.78. The van der Waals surface area contributed by atoms with Crippen LogP contribution >= 0.6 is 0 Å². The maximum atomic E-state index is 10.6. The number of aliphatic hydroxyl groups is 1. The van der Waals surface area contributed by atoms with Crippen LogP contribution in [-0.2, 0) is 4.74 Å². The van der Waals surface area contributed by atoms with Gasteiger partial charge in [-0.3, -0.25) is 0 Å². The van der Waals surface area contributed by atoms with Crippen molar-refractivity contribution < 1.29 is 9.84 Å². The van der Waals surface area contributed by atoms with Gasteiger partial charge in [0.1, 0.15) is 0 Å². The molecular formula is C14H28O2.